The van der Waals surface area contributed by atoms with Gasteiger partial charge in [0.1, 0.15) is 0 Å². The second-order valence-corrected chi connectivity index (χ2v) is 4.92. The summed E-state index contributed by atoms with van der Waals surface area (Å²) in [6.07, 6.45) is 3.88. The Hall–Kier alpha value is -0.760. The average molecular weight is 282 g/mol. The monoisotopic (exact) mass is 282 g/mol. The van der Waals surface area contributed by atoms with Crippen molar-refractivity contribution >= 4 is 0 Å². The molecule has 1 heterocycles. The van der Waals surface area contributed by atoms with Crippen LogP contribution in [0, 0.1) is 0 Å². The number of hydrogen-bond donors (Lipinski definition) is 4. The molecule has 0 radical (unpaired) electrons. The smallest absolute Gasteiger partial charge is 0.0496 e. The van der Waals surface area contributed by atoms with Gasteiger partial charge in [0.15, 0.2) is 0 Å². The highest BCUT2D eigenvalue weighted by molar-refractivity contribution is 4.74. The summed E-state index contributed by atoms with van der Waals surface area (Å²) in [7, 11) is 0. The maximum atomic E-state index is 3.80. The fourth-order valence-electron chi connectivity index (χ4n) is 2.04. The molecule has 1 saturated heterocycles. The zero-order valence-electron chi connectivity index (χ0n) is 12.5. The second-order valence-electron chi connectivity index (χ2n) is 4.92. The molecule has 0 atom stereocenters. The van der Waals surface area contributed by atoms with Crippen molar-refractivity contribution in [3.05, 3.63) is 25.3 Å². The second kappa shape index (κ2) is 12.0. The molecule has 6 heteroatoms. The first-order valence-corrected chi connectivity index (χ1v) is 7.36. The molecule has 1 rings (SSSR count). The van der Waals surface area contributed by atoms with Gasteiger partial charge in [-0.15, -0.1) is 13.2 Å². The first-order valence-electron chi connectivity index (χ1n) is 7.36. The van der Waals surface area contributed by atoms with E-state index in [9.17, 15) is 0 Å². The minimum atomic E-state index is 0.879. The van der Waals surface area contributed by atoms with E-state index in [-0.39, 0.29) is 0 Å². The molecule has 1 aliphatic rings. The Balaban J connectivity index is 2.32. The van der Waals surface area contributed by atoms with Crippen molar-refractivity contribution in [2.75, 3.05) is 65.9 Å². The molecule has 116 valence electrons. The lowest BCUT2D eigenvalue weighted by Crippen LogP contribution is -2.47. The van der Waals surface area contributed by atoms with Crippen LogP contribution in [0.2, 0.25) is 0 Å². The molecule has 6 nitrogen and oxygen atoms in total. The lowest BCUT2D eigenvalue weighted by molar-refractivity contribution is 0.235. The average Bonchev–Trinajstić information content (AvgIpc) is 2.45. The van der Waals surface area contributed by atoms with Gasteiger partial charge in [0.05, 0.1) is 0 Å². The molecule has 20 heavy (non-hydrogen) atoms. The van der Waals surface area contributed by atoms with Crippen molar-refractivity contribution in [2.24, 2.45) is 0 Å². The van der Waals surface area contributed by atoms with Gasteiger partial charge in [-0.3, -0.25) is 9.80 Å². The van der Waals surface area contributed by atoms with E-state index in [1.165, 1.54) is 0 Å². The number of nitrogens with zero attached hydrogens (tertiary/aromatic N) is 2. The van der Waals surface area contributed by atoms with Crippen LogP contribution >= 0.6 is 0 Å². The van der Waals surface area contributed by atoms with Crippen LogP contribution in [0.5, 0.6) is 0 Å². The van der Waals surface area contributed by atoms with Crippen molar-refractivity contribution in [1.82, 2.24) is 31.1 Å². The highest BCUT2D eigenvalue weighted by Gasteiger charge is 2.04. The van der Waals surface area contributed by atoms with E-state index in [0.29, 0.717) is 0 Å². The summed E-state index contributed by atoms with van der Waals surface area (Å²) in [6, 6.07) is 0. The van der Waals surface area contributed by atoms with Gasteiger partial charge in [-0.05, 0) is 0 Å². The Kier molecular flexibility index (Phi) is 10.4. The number of rotatable bonds is 4. The summed E-state index contributed by atoms with van der Waals surface area (Å²) in [4.78, 5) is 4.59. The standard InChI is InChI=1S/C14H30N6/c1-3-9-19-11-15-5-7-17-13-20(10-4-2)14-18-8-6-16-12-19/h3-4,15-18H,1-2,5-14H2. The van der Waals surface area contributed by atoms with Gasteiger partial charge < -0.3 is 21.3 Å². The van der Waals surface area contributed by atoms with E-state index in [0.717, 1.165) is 65.9 Å². The van der Waals surface area contributed by atoms with Crippen LogP contribution in [0.1, 0.15) is 0 Å². The lowest BCUT2D eigenvalue weighted by Gasteiger charge is -2.25. The summed E-state index contributed by atoms with van der Waals surface area (Å²) in [5, 5.41) is 13.8. The van der Waals surface area contributed by atoms with Crippen molar-refractivity contribution in [1.29, 1.82) is 0 Å². The number of hydrogen-bond acceptors (Lipinski definition) is 6. The molecule has 0 aliphatic carbocycles. The van der Waals surface area contributed by atoms with E-state index < -0.39 is 0 Å². The van der Waals surface area contributed by atoms with Crippen LogP contribution in [-0.2, 0) is 0 Å². The summed E-state index contributed by atoms with van der Waals surface area (Å²) in [5.74, 6) is 0. The Labute approximate surface area is 123 Å². The topological polar surface area (TPSA) is 54.6 Å². The summed E-state index contributed by atoms with van der Waals surface area (Å²) < 4.78 is 0. The Morgan fingerprint density at radius 1 is 0.650 bits per heavy atom. The van der Waals surface area contributed by atoms with Gasteiger partial charge >= 0.3 is 0 Å². The van der Waals surface area contributed by atoms with Crippen molar-refractivity contribution in [2.45, 2.75) is 0 Å². The maximum Gasteiger partial charge on any atom is 0.0496 e. The quantitative estimate of drug-likeness (QED) is 0.505. The molecule has 0 amide bonds. The first-order chi connectivity index (χ1) is 9.86. The van der Waals surface area contributed by atoms with Crippen LogP contribution in [0.3, 0.4) is 0 Å². The zero-order chi connectivity index (χ0) is 14.5. The molecule has 1 aliphatic heterocycles. The van der Waals surface area contributed by atoms with Crippen molar-refractivity contribution < 1.29 is 0 Å². The minimum absolute atomic E-state index is 0.879. The summed E-state index contributed by atoms with van der Waals surface area (Å²) >= 11 is 0. The summed E-state index contributed by atoms with van der Waals surface area (Å²) in [6.45, 7) is 16.8. The third-order valence-electron chi connectivity index (χ3n) is 3.07. The number of nitrogens with one attached hydrogen (secondary N) is 4. The highest BCUT2D eigenvalue weighted by atomic mass is 15.3. The van der Waals surface area contributed by atoms with E-state index in [2.05, 4.69) is 44.2 Å². The predicted octanol–water partition coefficient (Wildman–Crippen LogP) is -0.836. The molecule has 4 N–H and O–H groups in total. The van der Waals surface area contributed by atoms with Crippen molar-refractivity contribution in [3.8, 4) is 0 Å². The molecule has 0 saturated carbocycles. The van der Waals surface area contributed by atoms with Crippen LogP contribution in [-0.4, -0.2) is 75.7 Å². The Bertz CT molecular complexity index is 216. The van der Waals surface area contributed by atoms with Crippen LogP contribution in [0.25, 0.3) is 0 Å². The molecule has 0 spiro atoms. The van der Waals surface area contributed by atoms with Gasteiger partial charge in [-0.25, -0.2) is 0 Å². The lowest BCUT2D eigenvalue weighted by atomic mass is 10.5. The Morgan fingerprint density at radius 2 is 0.950 bits per heavy atom. The molecule has 0 bridgehead atoms. The molecular formula is C14H30N6. The molecule has 0 aromatic rings. The largest absolute Gasteiger partial charge is 0.303 e. The molecule has 0 aromatic carbocycles. The molecule has 0 aromatic heterocycles. The minimum Gasteiger partial charge on any atom is -0.303 e. The predicted molar refractivity (Wildman–Crippen MR) is 85.3 cm³/mol. The molecule has 0 unspecified atom stereocenters. The van der Waals surface area contributed by atoms with Crippen molar-refractivity contribution in [3.63, 3.8) is 0 Å². The van der Waals surface area contributed by atoms with Gasteiger partial charge in [-0.2, -0.15) is 0 Å². The van der Waals surface area contributed by atoms with Crippen LogP contribution < -0.4 is 21.3 Å². The van der Waals surface area contributed by atoms with Gasteiger partial charge in [0, 0.05) is 65.9 Å². The molecule has 1 fully saturated rings. The van der Waals surface area contributed by atoms with Crippen LogP contribution in [0.4, 0.5) is 0 Å². The summed E-state index contributed by atoms with van der Waals surface area (Å²) in [5.41, 5.74) is 0. The SMILES string of the molecule is C=CCN1CNCCNCN(CC=C)CNCCNC1. The fraction of sp³-hybridized carbons (Fsp3) is 0.714. The van der Waals surface area contributed by atoms with Crippen LogP contribution in [0.15, 0.2) is 25.3 Å². The van der Waals surface area contributed by atoms with E-state index >= 15 is 0 Å². The Morgan fingerprint density at radius 3 is 1.20 bits per heavy atom. The molecular weight excluding hydrogens is 252 g/mol. The van der Waals surface area contributed by atoms with E-state index in [4.69, 9.17) is 0 Å². The van der Waals surface area contributed by atoms with Gasteiger partial charge in [-0.1, -0.05) is 12.2 Å². The fourth-order valence-corrected chi connectivity index (χ4v) is 2.04. The third-order valence-corrected chi connectivity index (χ3v) is 3.07. The van der Waals surface area contributed by atoms with E-state index in [1.54, 1.807) is 0 Å². The van der Waals surface area contributed by atoms with Gasteiger partial charge in [0.25, 0.3) is 0 Å². The highest BCUT2D eigenvalue weighted by Crippen LogP contribution is 1.86. The van der Waals surface area contributed by atoms with E-state index in [1.807, 2.05) is 12.2 Å². The zero-order valence-corrected chi connectivity index (χ0v) is 12.5. The first kappa shape index (κ1) is 17.3. The third kappa shape index (κ3) is 8.42. The van der Waals surface area contributed by atoms with Gasteiger partial charge in [0.2, 0.25) is 0 Å². The maximum absolute atomic E-state index is 3.80. The normalized spacial score (nSPS) is 22.0.